The van der Waals surface area contributed by atoms with Crippen LogP contribution < -0.4 is 21.5 Å². The van der Waals surface area contributed by atoms with Gasteiger partial charge in [-0.1, -0.05) is 24.3 Å². The van der Waals surface area contributed by atoms with Crippen LogP contribution in [0, 0.1) is 0 Å². The van der Waals surface area contributed by atoms with E-state index in [0.717, 1.165) is 0 Å². The standard InChI is InChI=1S/C20H18N6O5S/c1-31-14-8-3-2-7-13(14)26-19-16(24-20(26)28)15(17(21)27)23-18(25-19)11-5-4-6-12(9-11)22-10-32(29)30/h2-9,22,32H,10H2,1H3,(H2,21,27)(H,24,28). The molecule has 0 bridgehead atoms. The largest absolute Gasteiger partial charge is 0.495 e. The van der Waals surface area contributed by atoms with Crippen LogP contribution in [0.25, 0.3) is 28.2 Å². The second-order valence-electron chi connectivity index (χ2n) is 6.64. The Kier molecular flexibility index (Phi) is 5.60. The number of benzene rings is 2. The van der Waals surface area contributed by atoms with Gasteiger partial charge in [-0.05, 0) is 24.3 Å². The summed E-state index contributed by atoms with van der Waals surface area (Å²) < 4.78 is 28.4. The lowest BCUT2D eigenvalue weighted by Crippen LogP contribution is -2.16. The van der Waals surface area contributed by atoms with E-state index in [0.29, 0.717) is 22.7 Å². The van der Waals surface area contributed by atoms with E-state index in [4.69, 9.17) is 10.5 Å². The first-order valence-electron chi connectivity index (χ1n) is 9.31. The van der Waals surface area contributed by atoms with Gasteiger partial charge in [-0.25, -0.2) is 27.7 Å². The minimum absolute atomic E-state index is 0.0924. The first-order valence-corrected chi connectivity index (χ1v) is 10.7. The Hall–Kier alpha value is -4.19. The number of thiol groups is 1. The fourth-order valence-electron chi connectivity index (χ4n) is 3.25. The van der Waals surface area contributed by atoms with Crippen LogP contribution in [-0.4, -0.2) is 46.8 Å². The maximum absolute atomic E-state index is 12.8. The van der Waals surface area contributed by atoms with Crippen molar-refractivity contribution in [2.75, 3.05) is 18.3 Å². The van der Waals surface area contributed by atoms with Gasteiger partial charge in [-0.3, -0.25) is 4.79 Å². The average Bonchev–Trinajstić information content (AvgIpc) is 3.12. The number of carbonyl (C=O) groups excluding carboxylic acids is 1. The molecule has 32 heavy (non-hydrogen) atoms. The molecule has 0 aliphatic heterocycles. The lowest BCUT2D eigenvalue weighted by Gasteiger charge is -2.10. The highest BCUT2D eigenvalue weighted by atomic mass is 32.2. The van der Waals surface area contributed by atoms with Gasteiger partial charge in [0, 0.05) is 11.3 Å². The number of imidazole rings is 1. The van der Waals surface area contributed by atoms with E-state index in [-0.39, 0.29) is 28.6 Å². The van der Waals surface area contributed by atoms with Crippen molar-refractivity contribution in [3.8, 4) is 22.8 Å². The number of carbonyl (C=O) groups is 1. The van der Waals surface area contributed by atoms with E-state index in [9.17, 15) is 18.0 Å². The summed E-state index contributed by atoms with van der Waals surface area (Å²) in [5, 5.41) is 2.76. The van der Waals surface area contributed by atoms with Crippen LogP contribution in [0.2, 0.25) is 0 Å². The number of aromatic nitrogens is 4. The molecule has 0 spiro atoms. The van der Waals surface area contributed by atoms with Crippen molar-refractivity contribution >= 4 is 33.5 Å². The number of hydrogen-bond donors (Lipinski definition) is 4. The molecular formula is C20H18N6O5S. The predicted molar refractivity (Wildman–Crippen MR) is 119 cm³/mol. The van der Waals surface area contributed by atoms with Crippen LogP contribution in [0.5, 0.6) is 5.75 Å². The Morgan fingerprint density at radius 2 is 1.97 bits per heavy atom. The number of nitrogens with zero attached hydrogens (tertiary/aromatic N) is 3. The minimum Gasteiger partial charge on any atom is -0.495 e. The highest BCUT2D eigenvalue weighted by molar-refractivity contribution is 7.72. The van der Waals surface area contributed by atoms with Gasteiger partial charge in [0.25, 0.3) is 5.91 Å². The molecule has 4 N–H and O–H groups in total. The van der Waals surface area contributed by atoms with Gasteiger partial charge in [0.05, 0.1) is 12.8 Å². The molecule has 0 saturated carbocycles. The average molecular weight is 454 g/mol. The second-order valence-corrected chi connectivity index (χ2v) is 7.63. The quantitative estimate of drug-likeness (QED) is 0.299. The summed E-state index contributed by atoms with van der Waals surface area (Å²) in [5.41, 5.74) is 6.47. The third kappa shape index (κ3) is 3.90. The number of methoxy groups -OCH3 is 1. The lowest BCUT2D eigenvalue weighted by atomic mass is 10.2. The monoisotopic (exact) mass is 454 g/mol. The molecule has 0 atom stereocenters. The number of nitrogens with two attached hydrogens (primary N) is 1. The molecule has 0 saturated heterocycles. The zero-order valence-corrected chi connectivity index (χ0v) is 17.6. The summed E-state index contributed by atoms with van der Waals surface area (Å²) in [7, 11) is -1.14. The molecule has 0 aliphatic carbocycles. The molecule has 2 aromatic heterocycles. The van der Waals surface area contributed by atoms with E-state index in [1.807, 2.05) is 0 Å². The van der Waals surface area contributed by atoms with E-state index in [1.54, 1.807) is 48.5 Å². The van der Waals surface area contributed by atoms with Crippen molar-refractivity contribution in [2.45, 2.75) is 0 Å². The Morgan fingerprint density at radius 1 is 1.19 bits per heavy atom. The van der Waals surface area contributed by atoms with E-state index in [1.165, 1.54) is 11.7 Å². The van der Waals surface area contributed by atoms with Crippen LogP contribution in [0.4, 0.5) is 5.69 Å². The number of primary amides is 1. The maximum Gasteiger partial charge on any atom is 0.332 e. The topological polar surface area (TPSA) is 162 Å². The van der Waals surface area contributed by atoms with Crippen molar-refractivity contribution in [1.29, 1.82) is 0 Å². The number of H-pyrrole nitrogens is 1. The Balaban J connectivity index is 1.96. The number of para-hydroxylation sites is 2. The molecule has 4 aromatic rings. The number of amides is 1. The first-order chi connectivity index (χ1) is 15.4. The molecule has 0 aliphatic rings. The summed E-state index contributed by atoms with van der Waals surface area (Å²) in [6, 6.07) is 13.5. The third-order valence-corrected chi connectivity index (χ3v) is 5.05. The summed E-state index contributed by atoms with van der Waals surface area (Å²) in [6.07, 6.45) is 0. The smallest absolute Gasteiger partial charge is 0.332 e. The van der Waals surface area contributed by atoms with Gasteiger partial charge in [0.15, 0.2) is 27.9 Å². The number of ether oxygens (including phenoxy) is 1. The summed E-state index contributed by atoms with van der Waals surface area (Å²) in [4.78, 5) is 36.3. The van der Waals surface area contributed by atoms with Crippen LogP contribution in [-0.2, 0) is 10.7 Å². The number of hydrogen-bond acceptors (Lipinski definition) is 8. The minimum atomic E-state index is -2.62. The SMILES string of the molecule is COc1ccccc1-n1c(=O)[nH]c2c(C(N)=O)nc(-c3cccc(NC[SH](=O)=O)c3)nc21. The van der Waals surface area contributed by atoms with Gasteiger partial charge in [-0.15, -0.1) is 0 Å². The van der Waals surface area contributed by atoms with Crippen LogP contribution in [0.3, 0.4) is 0 Å². The van der Waals surface area contributed by atoms with Gasteiger partial charge in [-0.2, -0.15) is 0 Å². The Bertz CT molecular complexity index is 1470. The first kappa shape index (κ1) is 21.1. The molecule has 12 heteroatoms. The van der Waals surface area contributed by atoms with E-state index >= 15 is 0 Å². The lowest BCUT2D eigenvalue weighted by molar-refractivity contribution is 0.0997. The summed E-state index contributed by atoms with van der Waals surface area (Å²) >= 11 is 0. The fraction of sp³-hybridized carbons (Fsp3) is 0.100. The predicted octanol–water partition coefficient (Wildman–Crippen LogP) is 0.864. The molecule has 0 unspecified atom stereocenters. The maximum atomic E-state index is 12.8. The van der Waals surface area contributed by atoms with E-state index < -0.39 is 22.3 Å². The van der Waals surface area contributed by atoms with E-state index in [2.05, 4.69) is 20.3 Å². The zero-order valence-electron chi connectivity index (χ0n) is 16.7. The molecule has 164 valence electrons. The molecule has 0 fully saturated rings. The van der Waals surface area contributed by atoms with Crippen molar-refractivity contribution in [3.05, 3.63) is 64.7 Å². The summed E-state index contributed by atoms with van der Waals surface area (Å²) in [6.45, 7) is 0. The van der Waals surface area contributed by atoms with Crippen molar-refractivity contribution < 1.29 is 17.9 Å². The Morgan fingerprint density at radius 3 is 2.69 bits per heavy atom. The number of anilines is 1. The highest BCUT2D eigenvalue weighted by Gasteiger charge is 2.21. The second kappa shape index (κ2) is 8.51. The molecule has 4 rings (SSSR count). The third-order valence-electron chi connectivity index (χ3n) is 4.63. The Labute approximate surface area is 182 Å². The van der Waals surface area contributed by atoms with Crippen molar-refractivity contribution in [3.63, 3.8) is 0 Å². The highest BCUT2D eigenvalue weighted by Crippen LogP contribution is 2.27. The molecule has 2 heterocycles. The van der Waals surface area contributed by atoms with Crippen molar-refractivity contribution in [1.82, 2.24) is 19.5 Å². The number of fused-ring (bicyclic) bond motifs is 1. The normalized spacial score (nSPS) is 11.1. The van der Waals surface area contributed by atoms with Crippen molar-refractivity contribution in [2.24, 2.45) is 5.73 Å². The van der Waals surface area contributed by atoms with Gasteiger partial charge >= 0.3 is 5.69 Å². The van der Waals surface area contributed by atoms with Gasteiger partial charge in [0.1, 0.15) is 17.1 Å². The van der Waals surface area contributed by atoms with Gasteiger partial charge < -0.3 is 20.8 Å². The number of rotatable bonds is 7. The van der Waals surface area contributed by atoms with Gasteiger partial charge in [0.2, 0.25) is 0 Å². The molecular weight excluding hydrogens is 436 g/mol. The van der Waals surface area contributed by atoms with Crippen LogP contribution in [0.1, 0.15) is 10.5 Å². The van der Waals surface area contributed by atoms with Crippen LogP contribution >= 0.6 is 0 Å². The zero-order chi connectivity index (χ0) is 22.8. The molecule has 1 amide bonds. The molecule has 11 nitrogen and oxygen atoms in total. The fourth-order valence-corrected chi connectivity index (χ4v) is 3.57. The summed E-state index contributed by atoms with van der Waals surface area (Å²) in [5.74, 6) is -0.529. The molecule has 2 aromatic carbocycles. The molecule has 0 radical (unpaired) electrons. The number of nitrogens with one attached hydrogen (secondary N) is 2. The number of aromatic amines is 1. The van der Waals surface area contributed by atoms with Crippen LogP contribution in [0.15, 0.2) is 53.3 Å².